The summed E-state index contributed by atoms with van der Waals surface area (Å²) in [6, 6.07) is 25.7. The van der Waals surface area contributed by atoms with Gasteiger partial charge in [-0.2, -0.15) is 0 Å². The molecule has 0 spiro atoms. The van der Waals surface area contributed by atoms with Gasteiger partial charge in [-0.3, -0.25) is 28.8 Å². The zero-order chi connectivity index (χ0) is 51.6. The van der Waals surface area contributed by atoms with Crippen molar-refractivity contribution in [3.05, 3.63) is 107 Å². The Hall–Kier alpha value is -5.27. The van der Waals surface area contributed by atoms with E-state index in [-0.39, 0.29) is 55.4 Å². The number of hydrogen-bond donors (Lipinski definition) is 0. The summed E-state index contributed by atoms with van der Waals surface area (Å²) in [5.41, 5.74) is 3.10. The minimum absolute atomic E-state index is 0.0105. The number of ketones is 4. The van der Waals surface area contributed by atoms with Gasteiger partial charge >= 0.3 is 12.1 Å². The molecule has 1 fully saturated rings. The molecule has 2 heterocycles. The fourth-order valence-electron chi connectivity index (χ4n) is 9.18. The van der Waals surface area contributed by atoms with E-state index in [9.17, 15) is 28.8 Å². The first-order valence-corrected chi connectivity index (χ1v) is 28.2. The fraction of sp³-hybridized carbons (Fsp3) is 0.561. The molecule has 5 rings (SSSR count). The van der Waals surface area contributed by atoms with E-state index in [1.54, 1.807) is 25.7 Å². The zero-order valence-corrected chi connectivity index (χ0v) is 44.6. The highest BCUT2D eigenvalue weighted by Crippen LogP contribution is 2.39. The van der Waals surface area contributed by atoms with E-state index in [1.807, 2.05) is 106 Å². The van der Waals surface area contributed by atoms with E-state index in [0.717, 1.165) is 22.3 Å². The van der Waals surface area contributed by atoms with Gasteiger partial charge in [-0.1, -0.05) is 133 Å². The highest BCUT2D eigenvalue weighted by molar-refractivity contribution is 6.74. The largest absolute Gasteiger partial charge is 0.460 e. The third-order valence-corrected chi connectivity index (χ3v) is 18.7. The first-order chi connectivity index (χ1) is 32.9. The molecule has 3 aromatic rings. The normalized spacial score (nSPS) is 18.1. The van der Waals surface area contributed by atoms with E-state index in [2.05, 4.69) is 33.9 Å². The van der Waals surface area contributed by atoms with E-state index < -0.39 is 91.7 Å². The van der Waals surface area contributed by atoms with Crippen molar-refractivity contribution in [3.63, 3.8) is 0 Å². The van der Waals surface area contributed by atoms with Gasteiger partial charge in [-0.15, -0.1) is 0 Å². The van der Waals surface area contributed by atoms with Crippen molar-refractivity contribution in [3.8, 4) is 0 Å². The van der Waals surface area contributed by atoms with Crippen LogP contribution in [0, 0.1) is 23.7 Å². The van der Waals surface area contributed by atoms with Crippen molar-refractivity contribution in [1.82, 2.24) is 9.80 Å². The Balaban J connectivity index is 1.41. The molecule has 380 valence electrons. The lowest BCUT2D eigenvalue weighted by Crippen LogP contribution is -2.49. The average Bonchev–Trinajstić information content (AvgIpc) is 3.72. The number of esters is 1. The summed E-state index contributed by atoms with van der Waals surface area (Å²) in [6.45, 7) is 22.1. The zero-order valence-electron chi connectivity index (χ0n) is 43.6. The molecular formula is C57H78N2O10Si. The molecule has 70 heavy (non-hydrogen) atoms. The summed E-state index contributed by atoms with van der Waals surface area (Å²) in [5, 5.41) is -0.188. The third-order valence-electron chi connectivity index (χ3n) is 14.2. The second kappa shape index (κ2) is 24.2. The fourth-order valence-corrected chi connectivity index (χ4v) is 10.5. The average molecular weight is 979 g/mol. The predicted octanol–water partition coefficient (Wildman–Crippen LogP) is 10.1. The number of nitrogens with zero attached hydrogens (tertiary/aromatic N) is 2. The summed E-state index contributed by atoms with van der Waals surface area (Å²) in [7, 11) is -2.47. The van der Waals surface area contributed by atoms with Crippen molar-refractivity contribution in [1.29, 1.82) is 0 Å². The standard InChI is InChI=1S/C57H78N2O10Si/c1-12-21-42(52(63)50(62)33-44(54(65)68-56(4,5)6)30-39-22-15-13-16-23-39)32-48(60)47-34-45(67-55(66)58-29-28-41-26-19-20-27-43(41)36-58)37-59(47)53(64)46(38(2)3)35-49(61)51(31-40-24-17-14-18-25-40)69-70(10,11)57(7,8)9/h13-20,22-27,38,42,44-47,51H,12,21,28-37H2,1-11H3/t42?,44-,45+,46-,47-,51-/m0/s1. The molecule has 0 saturated carbocycles. The van der Waals surface area contributed by atoms with Crippen LogP contribution in [0.15, 0.2) is 84.9 Å². The van der Waals surface area contributed by atoms with Crippen LogP contribution in [0.25, 0.3) is 0 Å². The molecule has 0 aromatic heterocycles. The van der Waals surface area contributed by atoms with Gasteiger partial charge in [0.25, 0.3) is 0 Å². The van der Waals surface area contributed by atoms with Crippen LogP contribution in [0.5, 0.6) is 0 Å². The maximum Gasteiger partial charge on any atom is 0.410 e. The maximum absolute atomic E-state index is 15.1. The Morgan fingerprint density at radius 2 is 1.33 bits per heavy atom. The van der Waals surface area contributed by atoms with Gasteiger partial charge in [0.15, 0.2) is 25.7 Å². The molecule has 2 aliphatic rings. The molecule has 13 heteroatoms. The highest BCUT2D eigenvalue weighted by Gasteiger charge is 2.47. The number of Topliss-reactive ketones (excluding diaryl/α,β-unsaturated/α-hetero) is 4. The van der Waals surface area contributed by atoms with Gasteiger partial charge in [0, 0.05) is 57.0 Å². The molecule has 0 aliphatic carbocycles. The Morgan fingerprint density at radius 1 is 0.743 bits per heavy atom. The van der Waals surface area contributed by atoms with Crippen molar-refractivity contribution in [2.45, 2.75) is 169 Å². The SMILES string of the molecule is CCCC(CC(=O)[C@@H]1C[C@@H](OC(=O)N2CCc3ccccc3C2)CN1C(=O)[C@@H](CC(=O)[C@H](Cc1ccccc1)O[Si](C)(C)C(C)(C)C)C(C)C)C(=O)C(=O)C[C@H](Cc1ccccc1)C(=O)OC(C)(C)C. The number of likely N-dealkylation sites (tertiary alicyclic amines) is 1. The van der Waals surface area contributed by atoms with Crippen LogP contribution < -0.4 is 0 Å². The van der Waals surface area contributed by atoms with Crippen LogP contribution in [0.2, 0.25) is 18.1 Å². The molecule has 1 saturated heterocycles. The molecule has 0 N–H and O–H groups in total. The molecule has 2 amide bonds. The Labute approximate surface area is 417 Å². The first-order valence-electron chi connectivity index (χ1n) is 25.3. The molecule has 2 aliphatic heterocycles. The van der Waals surface area contributed by atoms with E-state index in [1.165, 1.54) is 4.90 Å². The van der Waals surface area contributed by atoms with Crippen LogP contribution in [0.1, 0.15) is 123 Å². The lowest BCUT2D eigenvalue weighted by atomic mass is 9.84. The number of rotatable bonds is 22. The van der Waals surface area contributed by atoms with Crippen LogP contribution in [-0.2, 0) is 68.5 Å². The quantitative estimate of drug-likeness (QED) is 0.0540. The van der Waals surface area contributed by atoms with Crippen molar-refractivity contribution in [2.75, 3.05) is 13.1 Å². The van der Waals surface area contributed by atoms with Gasteiger partial charge < -0.3 is 23.7 Å². The lowest BCUT2D eigenvalue weighted by Gasteiger charge is -2.39. The van der Waals surface area contributed by atoms with Crippen LogP contribution >= 0.6 is 0 Å². The number of fused-ring (bicyclic) bond motifs is 1. The molecule has 1 unspecified atom stereocenters. The minimum Gasteiger partial charge on any atom is -0.460 e. The van der Waals surface area contributed by atoms with E-state index in [0.29, 0.717) is 32.4 Å². The van der Waals surface area contributed by atoms with Gasteiger partial charge in [0.1, 0.15) is 17.8 Å². The van der Waals surface area contributed by atoms with Gasteiger partial charge in [-0.25, -0.2) is 4.79 Å². The van der Waals surface area contributed by atoms with Gasteiger partial charge in [-0.05, 0) is 86.3 Å². The van der Waals surface area contributed by atoms with Gasteiger partial charge in [0.05, 0.1) is 18.5 Å². The van der Waals surface area contributed by atoms with Crippen LogP contribution in [0.4, 0.5) is 4.79 Å². The van der Waals surface area contributed by atoms with Gasteiger partial charge in [0.2, 0.25) is 11.7 Å². The molecule has 0 bridgehead atoms. The number of ether oxygens (including phenoxy) is 2. The number of amides is 2. The van der Waals surface area contributed by atoms with E-state index >= 15 is 4.79 Å². The minimum atomic E-state index is -2.47. The molecular weight excluding hydrogens is 901 g/mol. The Bertz CT molecular complexity index is 2300. The second-order valence-corrected chi connectivity index (χ2v) is 27.1. The van der Waals surface area contributed by atoms with Crippen LogP contribution in [-0.4, -0.2) is 96.2 Å². The molecule has 3 aromatic carbocycles. The Morgan fingerprint density at radius 3 is 1.90 bits per heavy atom. The smallest absolute Gasteiger partial charge is 0.410 e. The van der Waals surface area contributed by atoms with Crippen LogP contribution in [0.3, 0.4) is 0 Å². The van der Waals surface area contributed by atoms with Crippen molar-refractivity contribution < 1.29 is 47.5 Å². The number of hydrogen-bond acceptors (Lipinski definition) is 10. The highest BCUT2D eigenvalue weighted by atomic mass is 28.4. The Kier molecular flexibility index (Phi) is 19.3. The predicted molar refractivity (Wildman–Crippen MR) is 273 cm³/mol. The summed E-state index contributed by atoms with van der Waals surface area (Å²) >= 11 is 0. The first kappa shape index (κ1) is 55.7. The topological polar surface area (TPSA) is 154 Å². The second-order valence-electron chi connectivity index (χ2n) is 22.3. The van der Waals surface area contributed by atoms with Crippen molar-refractivity contribution >= 4 is 49.4 Å². The summed E-state index contributed by atoms with van der Waals surface area (Å²) in [6.07, 6.45) is -1.19. The van der Waals surface area contributed by atoms with Crippen molar-refractivity contribution in [2.24, 2.45) is 23.7 Å². The lowest BCUT2D eigenvalue weighted by molar-refractivity contribution is -0.161. The molecule has 12 nitrogen and oxygen atoms in total. The number of carbonyl (C=O) groups excluding carboxylic acids is 7. The molecule has 0 radical (unpaired) electrons. The summed E-state index contributed by atoms with van der Waals surface area (Å²) in [5.74, 6) is -6.30. The third kappa shape index (κ3) is 15.4. The number of carbonyl (C=O) groups is 7. The summed E-state index contributed by atoms with van der Waals surface area (Å²) in [4.78, 5) is 103. The monoisotopic (exact) mass is 979 g/mol. The summed E-state index contributed by atoms with van der Waals surface area (Å²) < 4.78 is 18.6. The van der Waals surface area contributed by atoms with E-state index in [4.69, 9.17) is 13.9 Å². The number of benzene rings is 3. The maximum atomic E-state index is 15.1. The molecule has 6 atom stereocenters.